The number of hydrogen-bond donors (Lipinski definition) is 1. The van der Waals surface area contributed by atoms with Gasteiger partial charge >= 0.3 is 5.97 Å². The van der Waals surface area contributed by atoms with Gasteiger partial charge in [-0.3, -0.25) is 9.78 Å². The molecule has 0 bridgehead atoms. The molecule has 3 rings (SSSR count). The van der Waals surface area contributed by atoms with Crippen LogP contribution in [0.25, 0.3) is 10.9 Å². The van der Waals surface area contributed by atoms with Crippen molar-refractivity contribution in [3.8, 4) is 0 Å². The molecule has 2 aromatic rings. The summed E-state index contributed by atoms with van der Waals surface area (Å²) in [6.07, 6.45) is 4.27. The van der Waals surface area contributed by atoms with Crippen LogP contribution < -0.4 is 4.90 Å². The van der Waals surface area contributed by atoms with Crippen molar-refractivity contribution in [2.45, 2.75) is 25.3 Å². The number of carboxylic acid groups (broad SMARTS) is 1. The highest BCUT2D eigenvalue weighted by Gasteiger charge is 2.30. The third-order valence-electron chi connectivity index (χ3n) is 3.49. The second-order valence-electron chi connectivity index (χ2n) is 4.92. The molecule has 0 atom stereocenters. The van der Waals surface area contributed by atoms with Crippen molar-refractivity contribution in [1.29, 1.82) is 0 Å². The van der Waals surface area contributed by atoms with Gasteiger partial charge in [-0.15, -0.1) is 0 Å². The van der Waals surface area contributed by atoms with E-state index in [2.05, 4.69) is 9.88 Å². The third-order valence-corrected chi connectivity index (χ3v) is 3.49. The predicted octanol–water partition coefficient (Wildman–Crippen LogP) is 2.68. The van der Waals surface area contributed by atoms with E-state index in [4.69, 9.17) is 5.11 Å². The first-order valence-corrected chi connectivity index (χ1v) is 6.58. The van der Waals surface area contributed by atoms with Gasteiger partial charge in [-0.2, -0.15) is 0 Å². The summed E-state index contributed by atoms with van der Waals surface area (Å²) >= 11 is 0. The Morgan fingerprint density at radius 1 is 1.32 bits per heavy atom. The van der Waals surface area contributed by atoms with Crippen molar-refractivity contribution in [3.05, 3.63) is 36.5 Å². The molecule has 98 valence electrons. The van der Waals surface area contributed by atoms with E-state index in [-0.39, 0.29) is 6.42 Å². The lowest BCUT2D eigenvalue weighted by Gasteiger charge is -2.25. The number of anilines is 1. The summed E-state index contributed by atoms with van der Waals surface area (Å²) in [5.41, 5.74) is 2.07. The van der Waals surface area contributed by atoms with Gasteiger partial charge in [-0.25, -0.2) is 0 Å². The normalized spacial score (nSPS) is 14.5. The van der Waals surface area contributed by atoms with Gasteiger partial charge in [0.25, 0.3) is 0 Å². The number of benzene rings is 1. The average molecular weight is 256 g/mol. The highest BCUT2D eigenvalue weighted by atomic mass is 16.4. The Balaban J connectivity index is 1.97. The fourth-order valence-corrected chi connectivity index (χ4v) is 2.43. The monoisotopic (exact) mass is 256 g/mol. The van der Waals surface area contributed by atoms with Crippen LogP contribution in [-0.4, -0.2) is 28.6 Å². The van der Waals surface area contributed by atoms with Gasteiger partial charge in [0.1, 0.15) is 0 Å². The number of para-hydroxylation sites is 1. The molecule has 1 saturated carbocycles. The van der Waals surface area contributed by atoms with Crippen LogP contribution >= 0.6 is 0 Å². The molecule has 4 heteroatoms. The summed E-state index contributed by atoms with van der Waals surface area (Å²) in [6, 6.07) is 10.5. The molecule has 1 N–H and O–H groups in total. The van der Waals surface area contributed by atoms with Gasteiger partial charge in [-0.05, 0) is 25.0 Å². The zero-order valence-corrected chi connectivity index (χ0v) is 10.6. The van der Waals surface area contributed by atoms with E-state index in [0.29, 0.717) is 12.6 Å². The minimum Gasteiger partial charge on any atom is -0.481 e. The number of fused-ring (bicyclic) bond motifs is 1. The van der Waals surface area contributed by atoms with Gasteiger partial charge in [0.05, 0.1) is 11.9 Å². The maximum Gasteiger partial charge on any atom is 0.305 e. The van der Waals surface area contributed by atoms with Crippen molar-refractivity contribution in [2.75, 3.05) is 11.4 Å². The maximum atomic E-state index is 10.8. The largest absolute Gasteiger partial charge is 0.481 e. The van der Waals surface area contributed by atoms with Crippen LogP contribution in [0, 0.1) is 0 Å². The number of nitrogens with zero attached hydrogens (tertiary/aromatic N) is 2. The first kappa shape index (κ1) is 12.0. The van der Waals surface area contributed by atoms with Gasteiger partial charge in [0, 0.05) is 29.9 Å². The molecule has 0 aliphatic heterocycles. The number of pyridine rings is 1. The zero-order chi connectivity index (χ0) is 13.2. The minimum absolute atomic E-state index is 0.174. The number of aliphatic carboxylic acids is 1. The molecular weight excluding hydrogens is 240 g/mol. The van der Waals surface area contributed by atoms with Crippen molar-refractivity contribution < 1.29 is 9.90 Å². The number of aromatic nitrogens is 1. The number of carbonyl (C=O) groups is 1. The molecule has 1 aliphatic carbocycles. The molecule has 0 amide bonds. The number of rotatable bonds is 5. The molecule has 1 aromatic heterocycles. The Labute approximate surface area is 111 Å². The molecule has 0 radical (unpaired) electrons. The standard InChI is InChI=1S/C15H16N2O2/c18-15(19)8-10-17(11-5-6-11)14-7-9-16-13-4-2-1-3-12(13)14/h1-4,7,9,11H,5-6,8,10H2,(H,18,19). The molecular formula is C15H16N2O2. The Morgan fingerprint density at radius 3 is 2.84 bits per heavy atom. The maximum absolute atomic E-state index is 10.8. The second kappa shape index (κ2) is 4.88. The summed E-state index contributed by atoms with van der Waals surface area (Å²) < 4.78 is 0. The Morgan fingerprint density at radius 2 is 2.11 bits per heavy atom. The summed E-state index contributed by atoms with van der Waals surface area (Å²) in [7, 11) is 0. The average Bonchev–Trinajstić information content (AvgIpc) is 3.23. The molecule has 4 nitrogen and oxygen atoms in total. The fourth-order valence-electron chi connectivity index (χ4n) is 2.43. The molecule has 1 aromatic carbocycles. The number of hydrogen-bond acceptors (Lipinski definition) is 3. The molecule has 0 unspecified atom stereocenters. The van der Waals surface area contributed by atoms with E-state index in [1.54, 1.807) is 6.20 Å². The Bertz CT molecular complexity index is 603. The number of carboxylic acids is 1. The quantitative estimate of drug-likeness (QED) is 0.893. The van der Waals surface area contributed by atoms with E-state index < -0.39 is 5.97 Å². The van der Waals surface area contributed by atoms with E-state index in [9.17, 15) is 4.79 Å². The van der Waals surface area contributed by atoms with E-state index in [1.165, 1.54) is 0 Å². The van der Waals surface area contributed by atoms with Crippen LogP contribution in [0.5, 0.6) is 0 Å². The second-order valence-corrected chi connectivity index (χ2v) is 4.92. The van der Waals surface area contributed by atoms with Gasteiger partial charge < -0.3 is 10.0 Å². The molecule has 19 heavy (non-hydrogen) atoms. The zero-order valence-electron chi connectivity index (χ0n) is 10.6. The highest BCUT2D eigenvalue weighted by molar-refractivity contribution is 5.91. The van der Waals surface area contributed by atoms with Crippen molar-refractivity contribution in [2.24, 2.45) is 0 Å². The van der Waals surface area contributed by atoms with Crippen LogP contribution in [0.2, 0.25) is 0 Å². The first-order valence-electron chi connectivity index (χ1n) is 6.58. The van der Waals surface area contributed by atoms with Crippen LogP contribution in [0.3, 0.4) is 0 Å². The van der Waals surface area contributed by atoms with Crippen LogP contribution in [-0.2, 0) is 4.79 Å². The molecule has 0 spiro atoms. The van der Waals surface area contributed by atoms with E-state index in [1.807, 2.05) is 30.3 Å². The lowest BCUT2D eigenvalue weighted by atomic mass is 10.1. The van der Waals surface area contributed by atoms with Crippen molar-refractivity contribution in [3.63, 3.8) is 0 Å². The van der Waals surface area contributed by atoms with Crippen LogP contribution in [0.4, 0.5) is 5.69 Å². The molecule has 1 fully saturated rings. The smallest absolute Gasteiger partial charge is 0.305 e. The van der Waals surface area contributed by atoms with Gasteiger partial charge in [-0.1, -0.05) is 18.2 Å². The molecule has 1 heterocycles. The van der Waals surface area contributed by atoms with Crippen LogP contribution in [0.1, 0.15) is 19.3 Å². The SMILES string of the molecule is O=C(O)CCN(c1ccnc2ccccc12)C1CC1. The first-order chi connectivity index (χ1) is 9.25. The molecule has 1 aliphatic rings. The van der Waals surface area contributed by atoms with E-state index >= 15 is 0 Å². The summed E-state index contributed by atoms with van der Waals surface area (Å²) in [5.74, 6) is -0.746. The summed E-state index contributed by atoms with van der Waals surface area (Å²) in [6.45, 7) is 0.563. The topological polar surface area (TPSA) is 53.4 Å². The Hall–Kier alpha value is -2.10. The summed E-state index contributed by atoms with van der Waals surface area (Å²) in [5, 5.41) is 9.99. The predicted molar refractivity (Wildman–Crippen MR) is 74.4 cm³/mol. The van der Waals surface area contributed by atoms with E-state index in [0.717, 1.165) is 29.4 Å². The highest BCUT2D eigenvalue weighted by Crippen LogP contribution is 2.35. The van der Waals surface area contributed by atoms with Crippen molar-refractivity contribution >= 4 is 22.6 Å². The lowest BCUT2D eigenvalue weighted by molar-refractivity contribution is -0.136. The van der Waals surface area contributed by atoms with Gasteiger partial charge in [0.2, 0.25) is 0 Å². The minimum atomic E-state index is -0.746. The van der Waals surface area contributed by atoms with Crippen molar-refractivity contribution in [1.82, 2.24) is 4.98 Å². The lowest BCUT2D eigenvalue weighted by Crippen LogP contribution is -2.28. The molecule has 0 saturated heterocycles. The summed E-state index contributed by atoms with van der Waals surface area (Å²) in [4.78, 5) is 17.4. The third kappa shape index (κ3) is 2.52. The van der Waals surface area contributed by atoms with Gasteiger partial charge in [0.15, 0.2) is 0 Å². The van der Waals surface area contributed by atoms with Crippen LogP contribution in [0.15, 0.2) is 36.5 Å². The fraction of sp³-hybridized carbons (Fsp3) is 0.333. The Kier molecular flexibility index (Phi) is 3.07.